The fourth-order valence-electron chi connectivity index (χ4n) is 2.89. The molecule has 0 radical (unpaired) electrons. The molecule has 1 aromatic carbocycles. The number of thiazole rings is 1. The molecule has 1 aliphatic rings. The van der Waals surface area contributed by atoms with Gasteiger partial charge in [0.1, 0.15) is 0 Å². The smallest absolute Gasteiger partial charge is 0.307 e. The van der Waals surface area contributed by atoms with E-state index in [1.807, 2.05) is 0 Å². The van der Waals surface area contributed by atoms with E-state index in [0.717, 1.165) is 23.1 Å². The molecule has 0 bridgehead atoms. The van der Waals surface area contributed by atoms with Crippen LogP contribution >= 0.6 is 22.9 Å². The zero-order chi connectivity index (χ0) is 15.7. The zero-order valence-corrected chi connectivity index (χ0v) is 13.3. The first-order chi connectivity index (χ1) is 10.5. The van der Waals surface area contributed by atoms with Crippen LogP contribution in [0.1, 0.15) is 25.7 Å². The second-order valence-electron chi connectivity index (χ2n) is 5.46. The van der Waals surface area contributed by atoms with Crippen molar-refractivity contribution in [2.75, 3.05) is 5.32 Å². The minimum atomic E-state index is -0.893. The first-order valence-electron chi connectivity index (χ1n) is 7.14. The third kappa shape index (κ3) is 3.08. The highest BCUT2D eigenvalue weighted by Crippen LogP contribution is 2.33. The summed E-state index contributed by atoms with van der Waals surface area (Å²) in [5, 5.41) is 13.1. The molecule has 2 unspecified atom stereocenters. The van der Waals surface area contributed by atoms with Crippen LogP contribution in [0.4, 0.5) is 5.13 Å². The fraction of sp³-hybridized carbons (Fsp3) is 0.400. The lowest BCUT2D eigenvalue weighted by atomic mass is 9.79. The average Bonchev–Trinajstić information content (AvgIpc) is 2.88. The lowest BCUT2D eigenvalue weighted by Crippen LogP contribution is -2.36. The standard InChI is InChI=1S/C15H15ClN2O3S/c16-8-5-6-11-12(7-8)22-15(17-11)18-13(19)9-3-1-2-4-10(9)14(20)21/h5-7,9-10H,1-4H2,(H,20,21)(H,17,18,19). The molecule has 1 saturated carbocycles. The number of hydrogen-bond acceptors (Lipinski definition) is 4. The average molecular weight is 339 g/mol. The maximum atomic E-state index is 12.4. The van der Waals surface area contributed by atoms with Crippen LogP contribution in [0.2, 0.25) is 5.02 Å². The van der Waals surface area contributed by atoms with Gasteiger partial charge >= 0.3 is 5.97 Å². The number of benzene rings is 1. The zero-order valence-electron chi connectivity index (χ0n) is 11.7. The van der Waals surface area contributed by atoms with E-state index >= 15 is 0 Å². The Morgan fingerprint density at radius 2 is 2.00 bits per heavy atom. The van der Waals surface area contributed by atoms with Crippen LogP contribution in [0.5, 0.6) is 0 Å². The van der Waals surface area contributed by atoms with E-state index in [4.69, 9.17) is 11.6 Å². The maximum Gasteiger partial charge on any atom is 0.307 e. The Hall–Kier alpha value is -1.66. The van der Waals surface area contributed by atoms with E-state index in [1.165, 1.54) is 11.3 Å². The molecule has 22 heavy (non-hydrogen) atoms. The molecule has 1 fully saturated rings. The third-order valence-corrected chi connectivity index (χ3v) is 5.17. The predicted molar refractivity (Wildman–Crippen MR) is 86.3 cm³/mol. The summed E-state index contributed by atoms with van der Waals surface area (Å²) in [7, 11) is 0. The Balaban J connectivity index is 1.78. The van der Waals surface area contributed by atoms with E-state index in [1.54, 1.807) is 18.2 Å². The number of anilines is 1. The Morgan fingerprint density at radius 3 is 2.73 bits per heavy atom. The minimum Gasteiger partial charge on any atom is -0.481 e. The van der Waals surface area contributed by atoms with E-state index in [-0.39, 0.29) is 5.91 Å². The topological polar surface area (TPSA) is 79.3 Å². The Labute approximate surface area is 136 Å². The molecule has 0 saturated heterocycles. The summed E-state index contributed by atoms with van der Waals surface area (Å²) in [4.78, 5) is 28.0. The molecule has 2 atom stereocenters. The SMILES string of the molecule is O=C(O)C1CCCCC1C(=O)Nc1nc2ccc(Cl)cc2s1. The van der Waals surface area contributed by atoms with Gasteiger partial charge in [-0.2, -0.15) is 0 Å². The second kappa shape index (κ2) is 6.22. The fourth-order valence-corrected chi connectivity index (χ4v) is 4.04. The van der Waals surface area contributed by atoms with Crippen LogP contribution in [-0.2, 0) is 9.59 Å². The molecular formula is C15H15ClN2O3S. The lowest BCUT2D eigenvalue weighted by molar-refractivity contribution is -0.147. The molecule has 0 aliphatic heterocycles. The summed E-state index contributed by atoms with van der Waals surface area (Å²) < 4.78 is 0.890. The highest BCUT2D eigenvalue weighted by Gasteiger charge is 2.35. The van der Waals surface area contributed by atoms with Crippen molar-refractivity contribution in [3.05, 3.63) is 23.2 Å². The van der Waals surface area contributed by atoms with Crippen molar-refractivity contribution in [3.8, 4) is 0 Å². The van der Waals surface area contributed by atoms with Crippen molar-refractivity contribution in [2.24, 2.45) is 11.8 Å². The number of amides is 1. The maximum absolute atomic E-state index is 12.4. The number of carboxylic acid groups (broad SMARTS) is 1. The summed E-state index contributed by atoms with van der Waals surface area (Å²) in [5.41, 5.74) is 0.767. The van der Waals surface area contributed by atoms with Gasteiger partial charge in [0.25, 0.3) is 0 Å². The lowest BCUT2D eigenvalue weighted by Gasteiger charge is -2.26. The predicted octanol–water partition coefficient (Wildman–Crippen LogP) is 3.78. The summed E-state index contributed by atoms with van der Waals surface area (Å²) in [5.74, 6) is -2.23. The Morgan fingerprint density at radius 1 is 1.27 bits per heavy atom. The number of fused-ring (bicyclic) bond motifs is 1. The van der Waals surface area contributed by atoms with Crippen LogP contribution in [0.25, 0.3) is 10.2 Å². The van der Waals surface area contributed by atoms with Gasteiger partial charge in [-0.3, -0.25) is 9.59 Å². The van der Waals surface area contributed by atoms with E-state index in [9.17, 15) is 14.7 Å². The number of halogens is 1. The van der Waals surface area contributed by atoms with Gasteiger partial charge in [0, 0.05) is 5.02 Å². The van der Waals surface area contributed by atoms with Gasteiger partial charge < -0.3 is 10.4 Å². The van der Waals surface area contributed by atoms with Crippen LogP contribution in [0.15, 0.2) is 18.2 Å². The molecule has 1 aliphatic carbocycles. The number of carbonyl (C=O) groups is 2. The van der Waals surface area contributed by atoms with Crippen molar-refractivity contribution < 1.29 is 14.7 Å². The highest BCUT2D eigenvalue weighted by molar-refractivity contribution is 7.22. The summed E-state index contributed by atoms with van der Waals surface area (Å²) in [6.45, 7) is 0. The highest BCUT2D eigenvalue weighted by atomic mass is 35.5. The first kappa shape index (κ1) is 15.2. The molecule has 1 amide bonds. The van der Waals surface area contributed by atoms with E-state index < -0.39 is 17.8 Å². The number of carbonyl (C=O) groups excluding carboxylic acids is 1. The number of hydrogen-bond donors (Lipinski definition) is 2. The number of carboxylic acids is 1. The minimum absolute atomic E-state index is 0.253. The van der Waals surface area contributed by atoms with Crippen molar-refractivity contribution in [2.45, 2.75) is 25.7 Å². The van der Waals surface area contributed by atoms with E-state index in [0.29, 0.717) is 23.0 Å². The van der Waals surface area contributed by atoms with Crippen LogP contribution in [-0.4, -0.2) is 22.0 Å². The van der Waals surface area contributed by atoms with Gasteiger partial charge in [0.2, 0.25) is 5.91 Å². The number of rotatable bonds is 3. The normalized spacial score (nSPS) is 21.7. The van der Waals surface area contributed by atoms with E-state index in [2.05, 4.69) is 10.3 Å². The van der Waals surface area contributed by atoms with Crippen LogP contribution in [0, 0.1) is 11.8 Å². The monoisotopic (exact) mass is 338 g/mol. The summed E-state index contributed by atoms with van der Waals surface area (Å²) >= 11 is 7.27. The van der Waals surface area contributed by atoms with Gasteiger partial charge in [0.05, 0.1) is 22.1 Å². The third-order valence-electron chi connectivity index (χ3n) is 4.00. The molecule has 2 N–H and O–H groups in total. The largest absolute Gasteiger partial charge is 0.481 e. The van der Waals surface area contributed by atoms with Crippen molar-refractivity contribution in [3.63, 3.8) is 0 Å². The second-order valence-corrected chi connectivity index (χ2v) is 6.92. The number of aromatic nitrogens is 1. The van der Waals surface area contributed by atoms with Crippen LogP contribution < -0.4 is 5.32 Å². The summed E-state index contributed by atoms with van der Waals surface area (Å²) in [6, 6.07) is 5.34. The molecule has 2 aromatic rings. The van der Waals surface area contributed by atoms with Crippen molar-refractivity contribution in [1.29, 1.82) is 0 Å². The van der Waals surface area contributed by atoms with Crippen molar-refractivity contribution in [1.82, 2.24) is 4.98 Å². The van der Waals surface area contributed by atoms with Gasteiger partial charge in [-0.25, -0.2) is 4.98 Å². The van der Waals surface area contributed by atoms with Crippen LogP contribution in [0.3, 0.4) is 0 Å². The van der Waals surface area contributed by atoms with Gasteiger partial charge in [-0.15, -0.1) is 0 Å². The Bertz CT molecular complexity index is 731. The van der Waals surface area contributed by atoms with Crippen molar-refractivity contribution >= 4 is 50.2 Å². The quantitative estimate of drug-likeness (QED) is 0.892. The number of nitrogens with one attached hydrogen (secondary N) is 1. The molecule has 0 spiro atoms. The van der Waals surface area contributed by atoms with Gasteiger partial charge in [-0.1, -0.05) is 35.8 Å². The molecule has 1 heterocycles. The number of aliphatic carboxylic acids is 1. The molecule has 1 aromatic heterocycles. The summed E-state index contributed by atoms with van der Waals surface area (Å²) in [6.07, 6.45) is 2.92. The molecule has 7 heteroatoms. The molecule has 5 nitrogen and oxygen atoms in total. The first-order valence-corrected chi connectivity index (χ1v) is 8.34. The molecule has 116 valence electrons. The Kier molecular flexibility index (Phi) is 4.31. The number of nitrogens with zero attached hydrogens (tertiary/aromatic N) is 1. The molecular weight excluding hydrogens is 324 g/mol. The van der Waals surface area contributed by atoms with Gasteiger partial charge in [0.15, 0.2) is 5.13 Å². The molecule has 3 rings (SSSR count). The van der Waals surface area contributed by atoms with Gasteiger partial charge in [-0.05, 0) is 31.0 Å².